The minimum atomic E-state index is 0.148. The predicted molar refractivity (Wildman–Crippen MR) is 185 cm³/mol. The second-order valence-electron chi connectivity index (χ2n) is 11.6. The van der Waals surface area contributed by atoms with Crippen molar-refractivity contribution < 1.29 is 0 Å². The average molecular weight is 598 g/mol. The molecular formula is C39H27N5S. The van der Waals surface area contributed by atoms with Crippen LogP contribution < -0.4 is 4.90 Å². The molecule has 2 aliphatic heterocycles. The van der Waals surface area contributed by atoms with E-state index in [-0.39, 0.29) is 5.92 Å². The first-order valence-corrected chi connectivity index (χ1v) is 16.0. The quantitative estimate of drug-likeness (QED) is 0.186. The zero-order valence-electron chi connectivity index (χ0n) is 24.6. The molecule has 1 atom stereocenters. The largest absolute Gasteiger partial charge is 0.296 e. The molecule has 5 aromatic carbocycles. The predicted octanol–water partition coefficient (Wildman–Crippen LogP) is 10.0. The molecule has 0 aliphatic carbocycles. The van der Waals surface area contributed by atoms with Gasteiger partial charge >= 0.3 is 0 Å². The molecule has 0 radical (unpaired) electrons. The number of nitrogens with zero attached hydrogens (tertiary/aromatic N) is 5. The Morgan fingerprint density at radius 3 is 2.09 bits per heavy atom. The summed E-state index contributed by atoms with van der Waals surface area (Å²) < 4.78 is 0. The summed E-state index contributed by atoms with van der Waals surface area (Å²) >= 11 is 1.81. The van der Waals surface area contributed by atoms with Crippen molar-refractivity contribution in [2.75, 3.05) is 4.90 Å². The molecule has 0 spiro atoms. The highest BCUT2D eigenvalue weighted by Gasteiger charge is 2.33. The Morgan fingerprint density at radius 2 is 1.31 bits per heavy atom. The van der Waals surface area contributed by atoms with E-state index in [1.54, 1.807) is 12.4 Å². The van der Waals surface area contributed by atoms with E-state index in [1.165, 1.54) is 15.4 Å². The second-order valence-corrected chi connectivity index (χ2v) is 12.7. The van der Waals surface area contributed by atoms with Gasteiger partial charge in [0.05, 0.1) is 39.3 Å². The Kier molecular flexibility index (Phi) is 6.03. The van der Waals surface area contributed by atoms with E-state index in [1.807, 2.05) is 17.8 Å². The molecule has 0 bridgehead atoms. The van der Waals surface area contributed by atoms with Gasteiger partial charge in [0.1, 0.15) is 5.84 Å². The third-order valence-corrected chi connectivity index (χ3v) is 9.88. The highest BCUT2D eigenvalue weighted by Crippen LogP contribution is 2.50. The summed E-state index contributed by atoms with van der Waals surface area (Å²) in [6.07, 6.45) is 4.35. The SMILES string of the molecule is CC1Cc2c(c3nc(-c4cccc(-c5ccccc5)c4)ccc3c3nccnc23)N=C1N1c2ccccc2Sc2ccccc21. The second kappa shape index (κ2) is 10.4. The first kappa shape index (κ1) is 26.1. The smallest absolute Gasteiger partial charge is 0.117 e. The van der Waals surface area contributed by atoms with Gasteiger partial charge in [-0.2, -0.15) is 0 Å². The van der Waals surface area contributed by atoms with Gasteiger partial charge in [0.2, 0.25) is 0 Å². The van der Waals surface area contributed by atoms with Crippen molar-refractivity contribution >= 4 is 56.6 Å². The van der Waals surface area contributed by atoms with Gasteiger partial charge in [-0.05, 0) is 60.0 Å². The van der Waals surface area contributed by atoms with Gasteiger partial charge in [-0.1, -0.05) is 91.5 Å². The number of benzene rings is 5. The van der Waals surface area contributed by atoms with Crippen LogP contribution in [0.3, 0.4) is 0 Å². The molecule has 4 heterocycles. The summed E-state index contributed by atoms with van der Waals surface area (Å²) in [5.74, 6) is 1.17. The normalized spacial score (nSPS) is 15.4. The number of para-hydroxylation sites is 2. The lowest BCUT2D eigenvalue weighted by Crippen LogP contribution is -2.35. The Hall–Kier alpha value is -5.33. The minimum absolute atomic E-state index is 0.148. The van der Waals surface area contributed by atoms with Crippen LogP contribution in [0.4, 0.5) is 17.1 Å². The van der Waals surface area contributed by atoms with Crippen LogP contribution in [-0.4, -0.2) is 20.8 Å². The van der Waals surface area contributed by atoms with Gasteiger partial charge in [0, 0.05) is 44.6 Å². The Labute approximate surface area is 265 Å². The number of hydrogen-bond acceptors (Lipinski definition) is 6. The van der Waals surface area contributed by atoms with Crippen molar-refractivity contribution in [2.24, 2.45) is 10.9 Å². The van der Waals surface area contributed by atoms with E-state index in [2.05, 4.69) is 121 Å². The first-order valence-electron chi connectivity index (χ1n) is 15.2. The minimum Gasteiger partial charge on any atom is -0.296 e. The molecule has 1 unspecified atom stereocenters. The summed E-state index contributed by atoms with van der Waals surface area (Å²) in [7, 11) is 0. The Balaban J connectivity index is 1.28. The van der Waals surface area contributed by atoms with E-state index in [4.69, 9.17) is 19.9 Å². The molecule has 0 fully saturated rings. The molecule has 0 saturated heterocycles. The van der Waals surface area contributed by atoms with E-state index in [9.17, 15) is 0 Å². The van der Waals surface area contributed by atoms with Gasteiger partial charge in [-0.3, -0.25) is 14.9 Å². The van der Waals surface area contributed by atoms with Crippen LogP contribution >= 0.6 is 11.8 Å². The number of hydrogen-bond donors (Lipinski definition) is 0. The highest BCUT2D eigenvalue weighted by atomic mass is 32.2. The molecule has 9 rings (SSSR count). The summed E-state index contributed by atoms with van der Waals surface area (Å²) in [4.78, 5) is 25.3. The monoisotopic (exact) mass is 597 g/mol. The van der Waals surface area contributed by atoms with Crippen molar-refractivity contribution in [2.45, 2.75) is 23.1 Å². The molecule has 0 saturated carbocycles. The maximum Gasteiger partial charge on any atom is 0.117 e. The van der Waals surface area contributed by atoms with E-state index < -0.39 is 0 Å². The fourth-order valence-corrected chi connectivity index (χ4v) is 7.71. The number of anilines is 2. The van der Waals surface area contributed by atoms with Gasteiger partial charge in [0.15, 0.2) is 0 Å². The van der Waals surface area contributed by atoms with E-state index >= 15 is 0 Å². The molecule has 2 aliphatic rings. The lowest BCUT2D eigenvalue weighted by molar-refractivity contribution is 0.744. The van der Waals surface area contributed by atoms with Gasteiger partial charge in [-0.25, -0.2) is 9.98 Å². The van der Waals surface area contributed by atoms with Crippen LogP contribution in [0.25, 0.3) is 44.3 Å². The summed E-state index contributed by atoms with van der Waals surface area (Å²) in [5.41, 5.74) is 11.3. The Morgan fingerprint density at radius 1 is 0.644 bits per heavy atom. The summed E-state index contributed by atoms with van der Waals surface area (Å²) in [6.45, 7) is 2.26. The lowest BCUT2D eigenvalue weighted by atomic mass is 9.91. The standard InChI is InChI=1S/C39H27N5S/c1-24-22-29-36-35(40-20-21-41-36)28-18-19-30(27-13-9-12-26(23-27)25-10-3-2-4-11-25)42-37(28)38(29)43-39(24)44-31-14-5-7-16-33(31)45-34-17-8-6-15-32(34)44/h2-21,23-24H,22H2,1H3. The van der Waals surface area contributed by atoms with Crippen LogP contribution in [0.15, 0.2) is 142 Å². The molecule has 5 nitrogen and oxygen atoms in total. The van der Waals surface area contributed by atoms with Gasteiger partial charge < -0.3 is 0 Å². The number of aromatic nitrogens is 3. The van der Waals surface area contributed by atoms with Crippen LogP contribution in [0.1, 0.15) is 12.5 Å². The molecular weight excluding hydrogens is 571 g/mol. The fourth-order valence-electron chi connectivity index (χ4n) is 6.65. The van der Waals surface area contributed by atoms with Gasteiger partial charge in [0.25, 0.3) is 0 Å². The van der Waals surface area contributed by atoms with Crippen LogP contribution in [0.5, 0.6) is 0 Å². The fraction of sp³-hybridized carbons (Fsp3) is 0.0769. The van der Waals surface area contributed by atoms with Crippen molar-refractivity contribution in [3.63, 3.8) is 0 Å². The van der Waals surface area contributed by atoms with Crippen molar-refractivity contribution in [1.82, 2.24) is 15.0 Å². The maximum absolute atomic E-state index is 5.53. The van der Waals surface area contributed by atoms with Crippen molar-refractivity contribution in [3.05, 3.63) is 133 Å². The topological polar surface area (TPSA) is 54.3 Å². The molecule has 7 aromatic rings. The van der Waals surface area contributed by atoms with Crippen LogP contribution in [0, 0.1) is 5.92 Å². The molecule has 45 heavy (non-hydrogen) atoms. The maximum atomic E-state index is 5.53. The first-order chi connectivity index (χ1) is 22.2. The van der Waals surface area contributed by atoms with E-state index in [0.29, 0.717) is 0 Å². The summed E-state index contributed by atoms with van der Waals surface area (Å²) in [5, 5.41) is 0.965. The Bertz CT molecular complexity index is 2270. The highest BCUT2D eigenvalue weighted by molar-refractivity contribution is 7.99. The van der Waals surface area contributed by atoms with Crippen molar-refractivity contribution in [3.8, 4) is 22.4 Å². The third-order valence-electron chi connectivity index (χ3n) is 8.75. The molecule has 214 valence electrons. The zero-order valence-corrected chi connectivity index (χ0v) is 25.4. The summed E-state index contributed by atoms with van der Waals surface area (Å²) in [6, 6.07) is 40.5. The molecule has 6 heteroatoms. The zero-order chi connectivity index (χ0) is 29.9. The third kappa shape index (κ3) is 4.25. The van der Waals surface area contributed by atoms with Gasteiger partial charge in [-0.15, -0.1) is 0 Å². The average Bonchev–Trinajstić information content (AvgIpc) is 3.11. The van der Waals surface area contributed by atoms with Crippen LogP contribution in [-0.2, 0) is 6.42 Å². The number of aliphatic imine (C=N–C) groups is 1. The van der Waals surface area contributed by atoms with Crippen LogP contribution in [0.2, 0.25) is 0 Å². The number of fused-ring (bicyclic) bond motifs is 8. The number of amidine groups is 1. The molecule has 2 aromatic heterocycles. The number of rotatable bonds is 2. The van der Waals surface area contributed by atoms with E-state index in [0.717, 1.165) is 73.6 Å². The van der Waals surface area contributed by atoms with Crippen molar-refractivity contribution in [1.29, 1.82) is 0 Å². The number of pyridine rings is 1. The molecule has 0 N–H and O–H groups in total. The lowest BCUT2D eigenvalue weighted by Gasteiger charge is -2.37. The molecule has 0 amide bonds.